The van der Waals surface area contributed by atoms with E-state index in [1.165, 1.54) is 6.07 Å². The molecule has 5 heteroatoms. The zero-order valence-electron chi connectivity index (χ0n) is 9.30. The molecular formula is C12H12F3O2. The highest BCUT2D eigenvalue weighted by Gasteiger charge is 2.29. The Morgan fingerprint density at radius 2 is 2.00 bits per heavy atom. The Morgan fingerprint density at radius 1 is 1.29 bits per heavy atom. The van der Waals surface area contributed by atoms with E-state index in [0.29, 0.717) is 12.2 Å². The molecule has 0 saturated heterocycles. The second kappa shape index (κ2) is 5.61. The number of ether oxygens (including phenoxy) is 2. The van der Waals surface area contributed by atoms with Gasteiger partial charge in [0.1, 0.15) is 0 Å². The van der Waals surface area contributed by atoms with Crippen LogP contribution in [0.2, 0.25) is 0 Å². The summed E-state index contributed by atoms with van der Waals surface area (Å²) in [5.74, 6) is 0.270. The first-order chi connectivity index (χ1) is 7.98. The minimum atomic E-state index is -4.38. The normalized spacial score (nSPS) is 11.1. The number of para-hydroxylation sites is 1. The summed E-state index contributed by atoms with van der Waals surface area (Å²) >= 11 is 0. The van der Waals surface area contributed by atoms with Crippen molar-refractivity contribution in [2.45, 2.75) is 13.1 Å². The third-order valence-corrected chi connectivity index (χ3v) is 1.85. The number of hydrogen-bond acceptors (Lipinski definition) is 2. The molecule has 0 fully saturated rings. The van der Waals surface area contributed by atoms with Gasteiger partial charge < -0.3 is 9.47 Å². The van der Waals surface area contributed by atoms with Crippen LogP contribution in [0.4, 0.5) is 13.2 Å². The SMILES string of the molecule is C=[C]c1cccc(OCC(F)(F)F)c1OCC. The van der Waals surface area contributed by atoms with Gasteiger partial charge in [-0.3, -0.25) is 0 Å². The fourth-order valence-electron chi connectivity index (χ4n) is 1.22. The fraction of sp³-hybridized carbons (Fsp3) is 0.333. The van der Waals surface area contributed by atoms with Gasteiger partial charge in [0, 0.05) is 5.56 Å². The van der Waals surface area contributed by atoms with Gasteiger partial charge in [0.2, 0.25) is 0 Å². The van der Waals surface area contributed by atoms with Gasteiger partial charge >= 0.3 is 6.18 Å². The number of halogens is 3. The van der Waals surface area contributed by atoms with Gasteiger partial charge in [0.25, 0.3) is 0 Å². The third-order valence-electron chi connectivity index (χ3n) is 1.85. The molecule has 1 rings (SSSR count). The average Bonchev–Trinajstić information content (AvgIpc) is 2.27. The molecule has 0 aliphatic heterocycles. The van der Waals surface area contributed by atoms with Crippen LogP contribution >= 0.6 is 0 Å². The van der Waals surface area contributed by atoms with E-state index < -0.39 is 12.8 Å². The molecule has 0 N–H and O–H groups in total. The van der Waals surface area contributed by atoms with Crippen LogP contribution in [0.5, 0.6) is 11.5 Å². The zero-order valence-corrected chi connectivity index (χ0v) is 9.30. The Balaban J connectivity index is 2.93. The van der Waals surface area contributed by atoms with E-state index in [1.807, 2.05) is 0 Å². The van der Waals surface area contributed by atoms with Crippen molar-refractivity contribution in [1.29, 1.82) is 0 Å². The molecule has 2 nitrogen and oxygen atoms in total. The van der Waals surface area contributed by atoms with Crippen LogP contribution in [0, 0.1) is 6.08 Å². The molecule has 0 aliphatic carbocycles. The van der Waals surface area contributed by atoms with Crippen LogP contribution in [0.1, 0.15) is 12.5 Å². The van der Waals surface area contributed by atoms with Gasteiger partial charge in [-0.05, 0) is 19.1 Å². The van der Waals surface area contributed by atoms with Gasteiger partial charge in [0.15, 0.2) is 18.1 Å². The molecule has 1 aromatic rings. The van der Waals surface area contributed by atoms with Crippen molar-refractivity contribution in [2.75, 3.05) is 13.2 Å². The third kappa shape index (κ3) is 4.01. The smallest absolute Gasteiger partial charge is 0.422 e. The minimum Gasteiger partial charge on any atom is -0.489 e. The lowest BCUT2D eigenvalue weighted by Gasteiger charge is -2.14. The Morgan fingerprint density at radius 3 is 2.53 bits per heavy atom. The summed E-state index contributed by atoms with van der Waals surface area (Å²) in [7, 11) is 0. The standard InChI is InChI=1S/C12H12F3O2/c1-3-9-6-5-7-10(11(9)16-4-2)17-8-12(13,14)15/h5-7H,1,4,8H2,2H3. The Labute approximate surface area is 97.7 Å². The summed E-state index contributed by atoms with van der Waals surface area (Å²) in [4.78, 5) is 0. The molecule has 0 spiro atoms. The Bertz CT molecular complexity index is 386. The van der Waals surface area contributed by atoms with E-state index in [-0.39, 0.29) is 11.5 Å². The molecule has 0 aliphatic rings. The molecule has 93 valence electrons. The second-order valence-corrected chi connectivity index (χ2v) is 3.15. The highest BCUT2D eigenvalue weighted by molar-refractivity contribution is 5.49. The topological polar surface area (TPSA) is 18.5 Å². The summed E-state index contributed by atoms with van der Waals surface area (Å²) in [5, 5.41) is 0. The molecule has 0 unspecified atom stereocenters. The van der Waals surface area contributed by atoms with Crippen LogP contribution in [-0.4, -0.2) is 19.4 Å². The second-order valence-electron chi connectivity index (χ2n) is 3.15. The van der Waals surface area contributed by atoms with Gasteiger partial charge in [-0.15, -0.1) is 0 Å². The van der Waals surface area contributed by atoms with E-state index in [1.54, 1.807) is 19.1 Å². The summed E-state index contributed by atoms with van der Waals surface area (Å²) in [5.41, 5.74) is 0.478. The van der Waals surface area contributed by atoms with Crippen LogP contribution in [-0.2, 0) is 0 Å². The monoisotopic (exact) mass is 245 g/mol. The van der Waals surface area contributed by atoms with Crippen LogP contribution in [0.15, 0.2) is 24.8 Å². The molecular weight excluding hydrogens is 233 g/mol. The highest BCUT2D eigenvalue weighted by Crippen LogP contribution is 2.32. The van der Waals surface area contributed by atoms with Crippen molar-refractivity contribution >= 4 is 0 Å². The molecule has 1 aromatic carbocycles. The van der Waals surface area contributed by atoms with E-state index in [2.05, 4.69) is 17.4 Å². The molecule has 0 aromatic heterocycles. The van der Waals surface area contributed by atoms with Crippen molar-refractivity contribution in [2.24, 2.45) is 0 Å². The lowest BCUT2D eigenvalue weighted by atomic mass is 10.2. The van der Waals surface area contributed by atoms with E-state index in [9.17, 15) is 13.2 Å². The molecule has 0 heterocycles. The van der Waals surface area contributed by atoms with Crippen LogP contribution in [0.3, 0.4) is 0 Å². The van der Waals surface area contributed by atoms with Crippen LogP contribution < -0.4 is 9.47 Å². The summed E-state index contributed by atoms with van der Waals surface area (Å²) in [6.45, 7) is 4.14. The molecule has 0 bridgehead atoms. The number of hydrogen-bond donors (Lipinski definition) is 0. The van der Waals surface area contributed by atoms with E-state index in [4.69, 9.17) is 4.74 Å². The predicted molar refractivity (Wildman–Crippen MR) is 57.1 cm³/mol. The Hall–Kier alpha value is -1.65. The lowest BCUT2D eigenvalue weighted by molar-refractivity contribution is -0.153. The molecule has 0 amide bonds. The Kier molecular flexibility index (Phi) is 4.43. The maximum Gasteiger partial charge on any atom is 0.422 e. The number of rotatable bonds is 5. The van der Waals surface area contributed by atoms with Gasteiger partial charge in [-0.25, -0.2) is 0 Å². The lowest BCUT2D eigenvalue weighted by Crippen LogP contribution is -2.19. The van der Waals surface area contributed by atoms with E-state index in [0.717, 1.165) is 0 Å². The zero-order chi connectivity index (χ0) is 12.9. The van der Waals surface area contributed by atoms with Gasteiger partial charge in [-0.2, -0.15) is 13.2 Å². The quantitative estimate of drug-likeness (QED) is 0.791. The maximum atomic E-state index is 12.0. The first-order valence-corrected chi connectivity index (χ1v) is 4.96. The highest BCUT2D eigenvalue weighted by atomic mass is 19.4. The number of alkyl halides is 3. The van der Waals surface area contributed by atoms with Gasteiger partial charge in [0.05, 0.1) is 6.61 Å². The largest absolute Gasteiger partial charge is 0.489 e. The van der Waals surface area contributed by atoms with Crippen LogP contribution in [0.25, 0.3) is 0 Å². The molecule has 17 heavy (non-hydrogen) atoms. The van der Waals surface area contributed by atoms with E-state index >= 15 is 0 Å². The summed E-state index contributed by atoms with van der Waals surface area (Å²) in [6, 6.07) is 4.61. The van der Waals surface area contributed by atoms with Crippen molar-refractivity contribution in [1.82, 2.24) is 0 Å². The minimum absolute atomic E-state index is 0.0397. The first-order valence-electron chi connectivity index (χ1n) is 4.96. The summed E-state index contributed by atoms with van der Waals surface area (Å²) < 4.78 is 46.1. The fourth-order valence-corrected chi connectivity index (χ4v) is 1.22. The maximum absolute atomic E-state index is 12.0. The first kappa shape index (κ1) is 13.4. The summed E-state index contributed by atoms with van der Waals surface area (Å²) in [6.07, 6.45) is -1.80. The average molecular weight is 245 g/mol. The number of benzene rings is 1. The molecule has 0 atom stereocenters. The van der Waals surface area contributed by atoms with Crippen molar-refractivity contribution in [3.63, 3.8) is 0 Å². The predicted octanol–water partition coefficient (Wildman–Crippen LogP) is 3.36. The van der Waals surface area contributed by atoms with Crippen molar-refractivity contribution in [3.05, 3.63) is 36.4 Å². The van der Waals surface area contributed by atoms with Gasteiger partial charge in [-0.1, -0.05) is 18.7 Å². The van der Waals surface area contributed by atoms with Crippen molar-refractivity contribution in [3.8, 4) is 11.5 Å². The molecule has 1 radical (unpaired) electrons. The molecule has 0 saturated carbocycles. The van der Waals surface area contributed by atoms with Crippen molar-refractivity contribution < 1.29 is 22.6 Å².